The third-order valence-electron chi connectivity index (χ3n) is 2.87. The summed E-state index contributed by atoms with van der Waals surface area (Å²) in [6.45, 7) is 3.18. The molecule has 25 heavy (non-hydrogen) atoms. The fourth-order valence-corrected chi connectivity index (χ4v) is 1.63. The molecule has 0 saturated heterocycles. The van der Waals surface area contributed by atoms with E-state index in [4.69, 9.17) is 4.74 Å². The molecular formula is C14H21F6IO4. The first-order valence-corrected chi connectivity index (χ1v) is 8.48. The topological polar surface area (TPSA) is 44.8 Å². The van der Waals surface area contributed by atoms with E-state index in [2.05, 4.69) is 9.47 Å². The Morgan fingerprint density at radius 3 is 1.84 bits per heavy atom. The molecule has 0 aromatic rings. The van der Waals surface area contributed by atoms with Crippen LogP contribution >= 0.6 is 22.6 Å². The molecule has 0 aliphatic carbocycles. The zero-order valence-electron chi connectivity index (χ0n) is 14.2. The first-order valence-electron chi connectivity index (χ1n) is 7.23. The van der Waals surface area contributed by atoms with Gasteiger partial charge in [0.1, 0.15) is 17.3 Å². The second-order valence-corrected chi connectivity index (χ2v) is 7.98. The summed E-state index contributed by atoms with van der Waals surface area (Å²) in [7, 11) is 0. The number of halogens is 7. The first kappa shape index (κ1) is 24.7. The van der Waals surface area contributed by atoms with Crippen LogP contribution in [0.1, 0.15) is 34.1 Å². The predicted molar refractivity (Wildman–Crippen MR) is 85.3 cm³/mol. The summed E-state index contributed by atoms with van der Waals surface area (Å²) in [6, 6.07) is 0. The fourth-order valence-electron chi connectivity index (χ4n) is 1.45. The summed E-state index contributed by atoms with van der Waals surface area (Å²) in [4.78, 5) is 11.5. The second-order valence-electron chi connectivity index (χ2n) is 6.48. The van der Waals surface area contributed by atoms with Crippen LogP contribution in [0.4, 0.5) is 26.3 Å². The molecule has 150 valence electrons. The summed E-state index contributed by atoms with van der Waals surface area (Å²) >= 11 is 1.57. The van der Waals surface area contributed by atoms with Crippen LogP contribution in [0.5, 0.6) is 0 Å². The van der Waals surface area contributed by atoms with Gasteiger partial charge in [-0.3, -0.25) is 4.79 Å². The lowest BCUT2D eigenvalue weighted by Crippen LogP contribution is -2.62. The van der Waals surface area contributed by atoms with Gasteiger partial charge in [0.05, 0.1) is 6.61 Å². The van der Waals surface area contributed by atoms with Gasteiger partial charge in [-0.15, -0.1) is 0 Å². The number of ether oxygens (including phenoxy) is 3. The Kier molecular flexibility index (Phi) is 8.96. The molecule has 0 saturated carbocycles. The zero-order chi connectivity index (χ0) is 20.1. The van der Waals surface area contributed by atoms with Crippen molar-refractivity contribution in [2.45, 2.75) is 56.0 Å². The van der Waals surface area contributed by atoms with Crippen LogP contribution in [0, 0.1) is 5.41 Å². The lowest BCUT2D eigenvalue weighted by Gasteiger charge is -2.36. The van der Waals surface area contributed by atoms with Gasteiger partial charge in [-0.2, -0.15) is 26.3 Å². The molecule has 0 bridgehead atoms. The predicted octanol–water partition coefficient (Wildman–Crippen LogP) is 4.64. The van der Waals surface area contributed by atoms with Crippen LogP contribution in [0.25, 0.3) is 0 Å². The summed E-state index contributed by atoms with van der Waals surface area (Å²) in [5, 5.41) is 0. The van der Waals surface area contributed by atoms with Crippen molar-refractivity contribution >= 4 is 28.6 Å². The van der Waals surface area contributed by atoms with Crippen LogP contribution in [0.2, 0.25) is 0 Å². The van der Waals surface area contributed by atoms with Crippen molar-refractivity contribution in [1.82, 2.24) is 0 Å². The SMILES string of the molecule is CCC(I)C(=O)OCC(OCOCC(C)(C)C)(C(F)(F)F)C(F)(F)F. The Bertz CT molecular complexity index is 417. The quantitative estimate of drug-likeness (QED) is 0.123. The number of hydrogen-bond acceptors (Lipinski definition) is 4. The van der Waals surface area contributed by atoms with E-state index in [0.717, 1.165) is 0 Å². The molecule has 1 atom stereocenters. The van der Waals surface area contributed by atoms with Gasteiger partial charge >= 0.3 is 18.3 Å². The smallest absolute Gasteiger partial charge is 0.430 e. The molecule has 0 fully saturated rings. The molecule has 0 heterocycles. The highest BCUT2D eigenvalue weighted by molar-refractivity contribution is 14.1. The Hall–Kier alpha value is -0.300. The van der Waals surface area contributed by atoms with Crippen molar-refractivity contribution in [2.75, 3.05) is 20.0 Å². The largest absolute Gasteiger partial charge is 0.461 e. The van der Waals surface area contributed by atoms with Gasteiger partial charge in [-0.05, 0) is 11.8 Å². The lowest BCUT2D eigenvalue weighted by atomic mass is 9.99. The molecule has 4 nitrogen and oxygen atoms in total. The fraction of sp³-hybridized carbons (Fsp3) is 0.929. The first-order chi connectivity index (χ1) is 11.1. The average molecular weight is 494 g/mol. The van der Waals surface area contributed by atoms with Crippen molar-refractivity contribution in [2.24, 2.45) is 5.41 Å². The maximum atomic E-state index is 13.2. The molecule has 0 N–H and O–H groups in total. The summed E-state index contributed by atoms with van der Waals surface area (Å²) < 4.78 is 91.2. The highest BCUT2D eigenvalue weighted by Crippen LogP contribution is 2.46. The zero-order valence-corrected chi connectivity index (χ0v) is 16.3. The standard InChI is InChI=1S/C14H21F6IO4/c1-5-9(21)10(22)24-7-12(13(15,16)17,14(18,19)20)25-8-23-6-11(2,3)4/h9H,5-8H2,1-4H3. The third kappa shape index (κ3) is 7.45. The van der Waals surface area contributed by atoms with Crippen molar-refractivity contribution in [3.05, 3.63) is 0 Å². The van der Waals surface area contributed by atoms with Crippen LogP contribution in [-0.4, -0.2) is 47.9 Å². The second kappa shape index (κ2) is 9.07. The van der Waals surface area contributed by atoms with Crippen LogP contribution in [-0.2, 0) is 19.0 Å². The molecule has 0 aliphatic rings. The van der Waals surface area contributed by atoms with Gasteiger partial charge < -0.3 is 14.2 Å². The molecule has 0 aliphatic heterocycles. The van der Waals surface area contributed by atoms with Crippen molar-refractivity contribution in [3.8, 4) is 0 Å². The summed E-state index contributed by atoms with van der Waals surface area (Å²) in [5.74, 6) is -1.18. The number of carbonyl (C=O) groups excluding carboxylic acids is 1. The third-order valence-corrected chi connectivity index (χ3v) is 4.26. The monoisotopic (exact) mass is 494 g/mol. The van der Waals surface area contributed by atoms with Crippen molar-refractivity contribution in [1.29, 1.82) is 0 Å². The Morgan fingerprint density at radius 1 is 1.00 bits per heavy atom. The lowest BCUT2D eigenvalue weighted by molar-refractivity contribution is -0.400. The molecule has 0 spiro atoms. The normalized spacial score (nSPS) is 15.2. The minimum absolute atomic E-state index is 0.121. The minimum atomic E-state index is -5.86. The average Bonchev–Trinajstić information content (AvgIpc) is 2.41. The Labute approximate surface area is 155 Å². The van der Waals surface area contributed by atoms with E-state index in [0.29, 0.717) is 0 Å². The van der Waals surface area contributed by atoms with E-state index >= 15 is 0 Å². The molecule has 0 aromatic carbocycles. The van der Waals surface area contributed by atoms with Gasteiger partial charge in [-0.25, -0.2) is 0 Å². The molecule has 11 heteroatoms. The summed E-state index contributed by atoms with van der Waals surface area (Å²) in [6.07, 6.45) is -11.5. The molecule has 0 rings (SSSR count). The van der Waals surface area contributed by atoms with E-state index in [1.54, 1.807) is 43.4 Å². The number of esters is 1. The molecule has 0 amide bonds. The van der Waals surface area contributed by atoms with Gasteiger partial charge in [0.2, 0.25) is 0 Å². The van der Waals surface area contributed by atoms with E-state index in [1.165, 1.54) is 6.92 Å². The van der Waals surface area contributed by atoms with Gasteiger partial charge in [0.25, 0.3) is 5.60 Å². The maximum Gasteiger partial charge on any atom is 0.430 e. The Morgan fingerprint density at radius 2 is 1.48 bits per heavy atom. The number of alkyl halides is 7. The van der Waals surface area contributed by atoms with Gasteiger partial charge in [0.15, 0.2) is 0 Å². The highest BCUT2D eigenvalue weighted by Gasteiger charge is 2.73. The highest BCUT2D eigenvalue weighted by atomic mass is 127. The van der Waals surface area contributed by atoms with Crippen LogP contribution < -0.4 is 0 Å². The van der Waals surface area contributed by atoms with Crippen LogP contribution in [0.15, 0.2) is 0 Å². The van der Waals surface area contributed by atoms with Crippen LogP contribution in [0.3, 0.4) is 0 Å². The molecule has 0 radical (unpaired) electrons. The van der Waals surface area contributed by atoms with Crippen molar-refractivity contribution in [3.63, 3.8) is 0 Å². The number of carbonyl (C=O) groups is 1. The minimum Gasteiger partial charge on any atom is -0.461 e. The van der Waals surface area contributed by atoms with E-state index in [9.17, 15) is 31.1 Å². The molecule has 1 unspecified atom stereocenters. The Balaban J connectivity index is 5.31. The molecule has 0 aromatic heterocycles. The van der Waals surface area contributed by atoms with Gasteiger partial charge in [-0.1, -0.05) is 50.3 Å². The van der Waals surface area contributed by atoms with Gasteiger partial charge in [0, 0.05) is 0 Å². The maximum absolute atomic E-state index is 13.2. The van der Waals surface area contributed by atoms with E-state index < -0.39 is 46.7 Å². The summed E-state index contributed by atoms with van der Waals surface area (Å²) in [5.41, 5.74) is -5.14. The number of hydrogen-bond donors (Lipinski definition) is 0. The van der Waals surface area contributed by atoms with E-state index in [1.807, 2.05) is 0 Å². The van der Waals surface area contributed by atoms with Crippen molar-refractivity contribution < 1.29 is 45.3 Å². The van der Waals surface area contributed by atoms with E-state index in [-0.39, 0.29) is 13.0 Å². The molecular weight excluding hydrogens is 473 g/mol. The number of rotatable bonds is 8.